The van der Waals surface area contributed by atoms with Crippen LogP contribution in [0.15, 0.2) is 12.2 Å². The number of hydrogen-bond donors (Lipinski definition) is 1. The van der Waals surface area contributed by atoms with E-state index in [1.807, 2.05) is 0 Å². The Morgan fingerprint density at radius 2 is 1.59 bits per heavy atom. The highest BCUT2D eigenvalue weighted by atomic mass is 16.6. The van der Waals surface area contributed by atoms with Crippen molar-refractivity contribution in [2.45, 2.75) is 110 Å². The summed E-state index contributed by atoms with van der Waals surface area (Å²) in [7, 11) is 0. The van der Waals surface area contributed by atoms with Crippen LogP contribution >= 0.6 is 0 Å². The molecule has 0 aromatic carbocycles. The van der Waals surface area contributed by atoms with Crippen LogP contribution in [0.4, 0.5) is 9.59 Å². The van der Waals surface area contributed by atoms with Gasteiger partial charge in [-0.2, -0.15) is 4.90 Å². The number of rotatable bonds is 4. The molecule has 2 amide bonds. The summed E-state index contributed by atoms with van der Waals surface area (Å²) in [6, 6.07) is -1.27. The number of aliphatic hydroxyl groups is 1. The van der Waals surface area contributed by atoms with Crippen molar-refractivity contribution < 1.29 is 38.4 Å². The molecule has 0 unspecified atom stereocenters. The Hall–Kier alpha value is -2.13. The van der Waals surface area contributed by atoms with Gasteiger partial charge in [-0.15, -0.1) is 0 Å². The predicted molar refractivity (Wildman–Crippen MR) is 118 cm³/mol. The third-order valence-corrected chi connectivity index (χ3v) is 4.41. The molecule has 0 bridgehead atoms. The molecule has 0 aliphatic carbocycles. The molecule has 32 heavy (non-hydrogen) atoms. The van der Waals surface area contributed by atoms with E-state index in [1.54, 1.807) is 55.4 Å². The molecule has 0 aromatic heterocycles. The van der Waals surface area contributed by atoms with E-state index in [-0.39, 0.29) is 19.4 Å². The smallest absolute Gasteiger partial charge is 0.420 e. The zero-order valence-corrected chi connectivity index (χ0v) is 20.6. The lowest BCUT2D eigenvalue weighted by Crippen LogP contribution is -2.53. The van der Waals surface area contributed by atoms with Gasteiger partial charge in [-0.1, -0.05) is 12.2 Å². The molecule has 1 heterocycles. The van der Waals surface area contributed by atoms with E-state index in [0.29, 0.717) is 11.3 Å². The molecule has 1 saturated heterocycles. The Balaban J connectivity index is 3.22. The molecule has 184 valence electrons. The van der Waals surface area contributed by atoms with Crippen molar-refractivity contribution in [2.24, 2.45) is 0 Å². The van der Waals surface area contributed by atoms with Crippen LogP contribution in [0.2, 0.25) is 0 Å². The molecule has 1 fully saturated rings. The van der Waals surface area contributed by atoms with Crippen molar-refractivity contribution in [3.63, 3.8) is 0 Å². The summed E-state index contributed by atoms with van der Waals surface area (Å²) in [5, 5.41) is 10.6. The van der Waals surface area contributed by atoms with Gasteiger partial charge in [0, 0.05) is 0 Å². The van der Waals surface area contributed by atoms with Gasteiger partial charge >= 0.3 is 18.2 Å². The van der Waals surface area contributed by atoms with Crippen LogP contribution in [0.1, 0.15) is 74.7 Å². The molecular formula is C23H39NO8. The van der Waals surface area contributed by atoms with E-state index in [2.05, 4.69) is 6.58 Å². The van der Waals surface area contributed by atoms with Crippen molar-refractivity contribution in [1.82, 2.24) is 4.90 Å². The average molecular weight is 458 g/mol. The van der Waals surface area contributed by atoms with Crippen LogP contribution in [-0.2, 0) is 23.7 Å². The molecule has 1 aliphatic heterocycles. The third-order valence-electron chi connectivity index (χ3n) is 4.41. The topological polar surface area (TPSA) is 112 Å². The van der Waals surface area contributed by atoms with Gasteiger partial charge in [0.05, 0.1) is 12.7 Å². The van der Waals surface area contributed by atoms with Gasteiger partial charge in [0.1, 0.15) is 29.5 Å². The first-order valence-corrected chi connectivity index (χ1v) is 10.9. The largest absolute Gasteiger partial charge is 0.458 e. The second-order valence-electron chi connectivity index (χ2n) is 10.2. The van der Waals surface area contributed by atoms with E-state index in [0.717, 1.165) is 5.57 Å². The predicted octanol–water partition coefficient (Wildman–Crippen LogP) is 3.97. The van der Waals surface area contributed by atoms with Crippen LogP contribution in [0.5, 0.6) is 0 Å². The molecule has 9 nitrogen and oxygen atoms in total. The number of imide groups is 1. The number of hydrogen-bond acceptors (Lipinski definition) is 8. The first kappa shape index (κ1) is 27.9. The van der Waals surface area contributed by atoms with Crippen LogP contribution in [0.25, 0.3) is 0 Å². The maximum absolute atomic E-state index is 13.1. The zero-order chi connectivity index (χ0) is 24.9. The maximum atomic E-state index is 13.1. The number of aliphatic hydroxyl groups excluding tert-OH is 1. The maximum Gasteiger partial charge on any atom is 0.420 e. The van der Waals surface area contributed by atoms with Crippen LogP contribution < -0.4 is 0 Å². The van der Waals surface area contributed by atoms with Gasteiger partial charge < -0.3 is 24.1 Å². The molecule has 0 aromatic rings. The lowest BCUT2D eigenvalue weighted by atomic mass is 10.0. The molecule has 9 heteroatoms. The van der Waals surface area contributed by atoms with E-state index in [9.17, 15) is 19.5 Å². The lowest BCUT2D eigenvalue weighted by Gasteiger charge is -2.33. The van der Waals surface area contributed by atoms with E-state index in [4.69, 9.17) is 18.9 Å². The van der Waals surface area contributed by atoms with Crippen molar-refractivity contribution in [3.05, 3.63) is 12.2 Å². The molecular weight excluding hydrogens is 418 g/mol. The highest BCUT2D eigenvalue weighted by molar-refractivity contribution is 5.94. The number of nitrogens with zero attached hydrogens (tertiary/aromatic N) is 1. The summed E-state index contributed by atoms with van der Waals surface area (Å²) in [5.74, 6) is -0.799. The molecule has 0 spiro atoms. The Kier molecular flexibility index (Phi) is 9.71. The van der Waals surface area contributed by atoms with Crippen LogP contribution in [0.3, 0.4) is 0 Å². The minimum Gasteiger partial charge on any atom is -0.458 e. The summed E-state index contributed by atoms with van der Waals surface area (Å²) < 4.78 is 22.0. The van der Waals surface area contributed by atoms with Gasteiger partial charge in [0.2, 0.25) is 0 Å². The molecule has 1 rings (SSSR count). The standard InChI is InChI=1S/C23H39NO8/c1-14(2)13-29-18-15(3)30-19(26)16(11-10-12-17(18)25)24(20(27)31-22(4,5)6)21(28)32-23(7,8)9/h15-18,25H,1,10-13H2,2-9H3/t15-,16-,17-,18+/m0/s1. The van der Waals surface area contributed by atoms with E-state index < -0.39 is 53.7 Å². The highest BCUT2D eigenvalue weighted by Crippen LogP contribution is 2.25. The zero-order valence-electron chi connectivity index (χ0n) is 20.6. The summed E-state index contributed by atoms with van der Waals surface area (Å²) in [6.07, 6.45) is -3.80. The van der Waals surface area contributed by atoms with Gasteiger partial charge in [0.15, 0.2) is 0 Å². The minimum absolute atomic E-state index is 0.0777. The minimum atomic E-state index is -1.27. The number of carbonyl (C=O) groups is 3. The Morgan fingerprint density at radius 3 is 2.03 bits per heavy atom. The fourth-order valence-electron chi connectivity index (χ4n) is 3.11. The fraction of sp³-hybridized carbons (Fsp3) is 0.783. The summed E-state index contributed by atoms with van der Waals surface area (Å²) in [4.78, 5) is 39.6. The van der Waals surface area contributed by atoms with Gasteiger partial charge in [-0.05, 0) is 74.7 Å². The number of ether oxygens (including phenoxy) is 4. The molecule has 4 atom stereocenters. The van der Waals surface area contributed by atoms with Gasteiger partial charge in [-0.3, -0.25) is 0 Å². The summed E-state index contributed by atoms with van der Waals surface area (Å²) in [5.41, 5.74) is -1.04. The Labute approximate surface area is 191 Å². The molecule has 1 aliphatic rings. The molecule has 0 radical (unpaired) electrons. The molecule has 1 N–H and O–H groups in total. The number of esters is 1. The third kappa shape index (κ3) is 9.16. The number of carbonyl (C=O) groups excluding carboxylic acids is 3. The van der Waals surface area contributed by atoms with Crippen LogP contribution in [-0.4, -0.2) is 70.3 Å². The first-order chi connectivity index (χ1) is 14.5. The SMILES string of the molecule is C=C(C)CO[C@@H]1[C@H](C)OC(=O)[C@@H](N(C(=O)OC(C)(C)C)C(=O)OC(C)(C)C)CCC[C@@H]1O. The van der Waals surface area contributed by atoms with Crippen molar-refractivity contribution >= 4 is 18.2 Å². The second kappa shape index (κ2) is 11.1. The first-order valence-electron chi connectivity index (χ1n) is 10.9. The van der Waals surface area contributed by atoms with E-state index >= 15 is 0 Å². The lowest BCUT2D eigenvalue weighted by molar-refractivity contribution is -0.166. The normalized spacial score (nSPS) is 25.0. The Morgan fingerprint density at radius 1 is 1.09 bits per heavy atom. The van der Waals surface area contributed by atoms with Gasteiger partial charge in [0.25, 0.3) is 0 Å². The monoisotopic (exact) mass is 457 g/mol. The number of amides is 2. The average Bonchev–Trinajstić information content (AvgIpc) is 2.60. The quantitative estimate of drug-likeness (QED) is 0.383. The van der Waals surface area contributed by atoms with E-state index in [1.165, 1.54) is 0 Å². The number of cyclic esters (lactones) is 1. The summed E-state index contributed by atoms with van der Waals surface area (Å²) in [6.45, 7) is 17.3. The van der Waals surface area contributed by atoms with Crippen molar-refractivity contribution in [1.29, 1.82) is 0 Å². The second-order valence-corrected chi connectivity index (χ2v) is 10.2. The van der Waals surface area contributed by atoms with Gasteiger partial charge in [-0.25, -0.2) is 14.4 Å². The Bertz CT molecular complexity index is 663. The summed E-state index contributed by atoms with van der Waals surface area (Å²) >= 11 is 0. The molecule has 0 saturated carbocycles. The highest BCUT2D eigenvalue weighted by Gasteiger charge is 2.43. The fourth-order valence-corrected chi connectivity index (χ4v) is 3.11. The van der Waals surface area contributed by atoms with Crippen molar-refractivity contribution in [2.75, 3.05) is 6.61 Å². The van der Waals surface area contributed by atoms with Crippen molar-refractivity contribution in [3.8, 4) is 0 Å². The van der Waals surface area contributed by atoms with Crippen LogP contribution in [0, 0.1) is 0 Å².